The van der Waals surface area contributed by atoms with Crippen LogP contribution in [0.3, 0.4) is 0 Å². The van der Waals surface area contributed by atoms with E-state index in [0.717, 1.165) is 0 Å². The molecule has 1 aliphatic carbocycles. The number of aromatic hydroxyl groups is 1. The van der Waals surface area contributed by atoms with E-state index in [0.29, 0.717) is 22.5 Å². The van der Waals surface area contributed by atoms with Gasteiger partial charge in [-0.25, -0.2) is 0 Å². The molecule has 1 fully saturated rings. The zero-order chi connectivity index (χ0) is 13.6. The summed E-state index contributed by atoms with van der Waals surface area (Å²) in [7, 11) is 0. The maximum absolute atomic E-state index is 9.54. The first kappa shape index (κ1) is 13.5. The molecular weight excluding hydrogens is 220 g/mol. The van der Waals surface area contributed by atoms with Gasteiger partial charge in [0, 0.05) is 0 Å². The lowest BCUT2D eigenvalue weighted by Crippen LogP contribution is -2.33. The van der Waals surface area contributed by atoms with Crippen molar-refractivity contribution in [1.82, 2.24) is 0 Å². The minimum Gasteiger partial charge on any atom is -0.508 e. The second-order valence-corrected chi connectivity index (χ2v) is 7.65. The fourth-order valence-corrected chi connectivity index (χ4v) is 4.18. The first-order chi connectivity index (χ1) is 8.19. The molecule has 0 radical (unpaired) electrons. The molecule has 0 unspecified atom stereocenters. The molecule has 0 atom stereocenters. The lowest BCUT2D eigenvalue weighted by Gasteiger charge is -2.45. The van der Waals surface area contributed by atoms with Crippen LogP contribution in [-0.2, 0) is 0 Å². The van der Waals surface area contributed by atoms with E-state index in [1.807, 2.05) is 12.1 Å². The largest absolute Gasteiger partial charge is 0.508 e. The average Bonchev–Trinajstić information content (AvgIpc) is 2.11. The average molecular weight is 246 g/mol. The molecule has 18 heavy (non-hydrogen) atoms. The summed E-state index contributed by atoms with van der Waals surface area (Å²) in [6.45, 7) is 11.7. The topological polar surface area (TPSA) is 20.2 Å². The van der Waals surface area contributed by atoms with E-state index in [1.165, 1.54) is 30.4 Å². The molecule has 0 aliphatic heterocycles. The van der Waals surface area contributed by atoms with Crippen molar-refractivity contribution in [3.8, 4) is 5.75 Å². The summed E-state index contributed by atoms with van der Waals surface area (Å²) in [5.74, 6) is 1.01. The quantitative estimate of drug-likeness (QED) is 0.737. The van der Waals surface area contributed by atoms with Crippen molar-refractivity contribution in [1.29, 1.82) is 0 Å². The number of aryl methyl sites for hydroxylation is 1. The highest BCUT2D eigenvalue weighted by molar-refractivity contribution is 5.36. The third-order valence-corrected chi connectivity index (χ3v) is 4.25. The van der Waals surface area contributed by atoms with Gasteiger partial charge in [0.1, 0.15) is 5.75 Å². The predicted molar refractivity (Wildman–Crippen MR) is 77.0 cm³/mol. The minimum atomic E-state index is 0.380. The molecule has 0 spiro atoms. The van der Waals surface area contributed by atoms with E-state index < -0.39 is 0 Å². The van der Waals surface area contributed by atoms with Gasteiger partial charge in [-0.15, -0.1) is 0 Å². The zero-order valence-electron chi connectivity index (χ0n) is 12.4. The van der Waals surface area contributed by atoms with Gasteiger partial charge < -0.3 is 5.11 Å². The van der Waals surface area contributed by atoms with Crippen LogP contribution in [0.4, 0.5) is 0 Å². The SMILES string of the molecule is Cc1cc(O)ccc1C1CC(C)(C)CC(C)(C)C1. The molecule has 1 nitrogen and oxygen atoms in total. The van der Waals surface area contributed by atoms with Crippen LogP contribution in [0.25, 0.3) is 0 Å². The second kappa shape index (κ2) is 4.29. The van der Waals surface area contributed by atoms with E-state index in [2.05, 4.69) is 40.7 Å². The second-order valence-electron chi connectivity index (χ2n) is 7.65. The molecule has 0 saturated heterocycles. The number of hydrogen-bond acceptors (Lipinski definition) is 1. The van der Waals surface area contributed by atoms with Crippen LogP contribution in [0, 0.1) is 17.8 Å². The van der Waals surface area contributed by atoms with E-state index in [9.17, 15) is 5.11 Å². The highest BCUT2D eigenvalue weighted by atomic mass is 16.3. The van der Waals surface area contributed by atoms with Crippen LogP contribution >= 0.6 is 0 Å². The Balaban J connectivity index is 2.32. The van der Waals surface area contributed by atoms with Crippen molar-refractivity contribution in [3.05, 3.63) is 29.3 Å². The number of phenols is 1. The summed E-state index contributed by atoms with van der Waals surface area (Å²) in [4.78, 5) is 0. The van der Waals surface area contributed by atoms with E-state index in [4.69, 9.17) is 0 Å². The van der Waals surface area contributed by atoms with Crippen molar-refractivity contribution >= 4 is 0 Å². The van der Waals surface area contributed by atoms with Gasteiger partial charge in [0.15, 0.2) is 0 Å². The van der Waals surface area contributed by atoms with Crippen molar-refractivity contribution in [2.75, 3.05) is 0 Å². The van der Waals surface area contributed by atoms with E-state index >= 15 is 0 Å². The molecule has 1 aliphatic rings. The molecule has 2 rings (SSSR count). The lowest BCUT2D eigenvalue weighted by atomic mass is 9.60. The predicted octanol–water partition coefficient (Wildman–Crippen LogP) is 5.02. The Bertz CT molecular complexity index is 427. The Morgan fingerprint density at radius 3 is 2.11 bits per heavy atom. The summed E-state index contributed by atoms with van der Waals surface area (Å²) >= 11 is 0. The molecule has 0 amide bonds. The van der Waals surface area contributed by atoms with Crippen LogP contribution < -0.4 is 0 Å². The van der Waals surface area contributed by atoms with Crippen molar-refractivity contribution < 1.29 is 5.11 Å². The summed E-state index contributed by atoms with van der Waals surface area (Å²) in [6.07, 6.45) is 3.80. The number of phenolic OH excluding ortho intramolecular Hbond substituents is 1. The van der Waals surface area contributed by atoms with Crippen LogP contribution in [0.2, 0.25) is 0 Å². The zero-order valence-corrected chi connectivity index (χ0v) is 12.4. The van der Waals surface area contributed by atoms with Gasteiger partial charge in [0.05, 0.1) is 0 Å². The van der Waals surface area contributed by atoms with E-state index in [-0.39, 0.29) is 0 Å². The smallest absolute Gasteiger partial charge is 0.115 e. The first-order valence-electron chi connectivity index (χ1n) is 6.98. The Kier molecular flexibility index (Phi) is 3.21. The summed E-state index contributed by atoms with van der Waals surface area (Å²) in [5.41, 5.74) is 3.48. The van der Waals surface area contributed by atoms with Crippen LogP contribution in [0.5, 0.6) is 5.75 Å². The first-order valence-corrected chi connectivity index (χ1v) is 6.98. The van der Waals surface area contributed by atoms with Crippen LogP contribution in [0.15, 0.2) is 18.2 Å². The maximum Gasteiger partial charge on any atom is 0.115 e. The van der Waals surface area contributed by atoms with Gasteiger partial charge in [-0.2, -0.15) is 0 Å². The summed E-state index contributed by atoms with van der Waals surface area (Å²) in [6, 6.07) is 5.84. The molecule has 0 aromatic heterocycles. The number of hydrogen-bond donors (Lipinski definition) is 1. The van der Waals surface area contributed by atoms with Crippen molar-refractivity contribution in [2.24, 2.45) is 10.8 Å². The summed E-state index contributed by atoms with van der Waals surface area (Å²) in [5, 5.41) is 9.54. The highest BCUT2D eigenvalue weighted by Crippen LogP contribution is 2.52. The molecule has 1 aromatic carbocycles. The van der Waals surface area contributed by atoms with Crippen LogP contribution in [-0.4, -0.2) is 5.11 Å². The highest BCUT2D eigenvalue weighted by Gasteiger charge is 2.39. The van der Waals surface area contributed by atoms with Gasteiger partial charge in [-0.05, 0) is 66.2 Å². The lowest BCUT2D eigenvalue weighted by molar-refractivity contribution is 0.0967. The van der Waals surface area contributed by atoms with Gasteiger partial charge in [-0.1, -0.05) is 33.8 Å². The monoisotopic (exact) mass is 246 g/mol. The van der Waals surface area contributed by atoms with Gasteiger partial charge >= 0.3 is 0 Å². The van der Waals surface area contributed by atoms with Crippen molar-refractivity contribution in [2.45, 2.75) is 59.8 Å². The Labute approximate surface area is 111 Å². The van der Waals surface area contributed by atoms with E-state index in [1.54, 1.807) is 0 Å². The molecule has 1 saturated carbocycles. The Morgan fingerprint density at radius 1 is 1.06 bits per heavy atom. The molecule has 1 aromatic rings. The molecule has 1 N–H and O–H groups in total. The fraction of sp³-hybridized carbons (Fsp3) is 0.647. The Morgan fingerprint density at radius 2 is 1.61 bits per heavy atom. The number of benzene rings is 1. The third-order valence-electron chi connectivity index (χ3n) is 4.25. The van der Waals surface area contributed by atoms with Gasteiger partial charge in [0.25, 0.3) is 0 Å². The number of rotatable bonds is 1. The Hall–Kier alpha value is -0.980. The minimum absolute atomic E-state index is 0.380. The van der Waals surface area contributed by atoms with Gasteiger partial charge in [-0.3, -0.25) is 0 Å². The third kappa shape index (κ3) is 2.88. The van der Waals surface area contributed by atoms with Crippen molar-refractivity contribution in [3.63, 3.8) is 0 Å². The molecule has 0 bridgehead atoms. The standard InChI is InChI=1S/C17H26O/c1-12-8-14(18)6-7-15(12)13-9-16(2,3)11-17(4,5)10-13/h6-8,13,18H,9-11H2,1-5H3. The normalized spacial score (nSPS) is 22.9. The summed E-state index contributed by atoms with van der Waals surface area (Å²) < 4.78 is 0. The molecular formula is C17H26O. The fourth-order valence-electron chi connectivity index (χ4n) is 4.18. The van der Waals surface area contributed by atoms with Crippen LogP contribution in [0.1, 0.15) is 64.0 Å². The molecule has 1 heteroatoms. The van der Waals surface area contributed by atoms with Gasteiger partial charge in [0.2, 0.25) is 0 Å². The maximum atomic E-state index is 9.54. The molecule has 0 heterocycles. The molecule has 100 valence electrons.